The first-order valence-electron chi connectivity index (χ1n) is 9.43. The highest BCUT2D eigenvalue weighted by Crippen LogP contribution is 2.27. The zero-order valence-electron chi connectivity index (χ0n) is 15.6. The SMILES string of the molecule is C[C@@H](OC(=O)C1CCN(c2nc3ccccc3o2)CC1)C(=O)N1CCNC1=O. The Morgan fingerprint density at radius 2 is 2.00 bits per heavy atom. The summed E-state index contributed by atoms with van der Waals surface area (Å²) in [6.07, 6.45) is 0.192. The van der Waals surface area contributed by atoms with Crippen LogP contribution in [-0.2, 0) is 14.3 Å². The van der Waals surface area contributed by atoms with E-state index in [1.165, 1.54) is 6.92 Å². The summed E-state index contributed by atoms with van der Waals surface area (Å²) in [6, 6.07) is 7.68. The van der Waals surface area contributed by atoms with Crippen molar-refractivity contribution in [3.8, 4) is 0 Å². The molecule has 148 valence electrons. The lowest BCUT2D eigenvalue weighted by Gasteiger charge is -2.30. The fraction of sp³-hybridized carbons (Fsp3) is 0.474. The molecule has 0 bridgehead atoms. The minimum atomic E-state index is -0.980. The molecule has 1 aromatic carbocycles. The summed E-state index contributed by atoms with van der Waals surface area (Å²) in [6.45, 7) is 3.44. The van der Waals surface area contributed by atoms with Crippen molar-refractivity contribution in [1.29, 1.82) is 0 Å². The number of oxazole rings is 1. The number of urea groups is 1. The molecule has 0 radical (unpaired) electrons. The Morgan fingerprint density at radius 3 is 2.68 bits per heavy atom. The van der Waals surface area contributed by atoms with Gasteiger partial charge in [-0.05, 0) is 31.9 Å². The molecule has 0 spiro atoms. The predicted molar refractivity (Wildman–Crippen MR) is 99.6 cm³/mol. The van der Waals surface area contributed by atoms with E-state index < -0.39 is 24.0 Å². The monoisotopic (exact) mass is 386 g/mol. The molecule has 0 aliphatic carbocycles. The fourth-order valence-corrected chi connectivity index (χ4v) is 3.52. The number of imide groups is 1. The van der Waals surface area contributed by atoms with Crippen LogP contribution in [-0.4, -0.2) is 60.1 Å². The second kappa shape index (κ2) is 7.49. The van der Waals surface area contributed by atoms with Crippen molar-refractivity contribution < 1.29 is 23.5 Å². The highest BCUT2D eigenvalue weighted by Gasteiger charge is 2.34. The second-order valence-corrected chi connectivity index (χ2v) is 7.03. The number of rotatable bonds is 4. The molecule has 4 rings (SSSR count). The molecule has 2 fully saturated rings. The number of nitrogens with zero attached hydrogens (tertiary/aromatic N) is 3. The number of piperidine rings is 1. The number of hydrogen-bond donors (Lipinski definition) is 1. The minimum Gasteiger partial charge on any atom is -0.452 e. The second-order valence-electron chi connectivity index (χ2n) is 7.03. The van der Waals surface area contributed by atoms with Crippen molar-refractivity contribution in [3.05, 3.63) is 24.3 Å². The third kappa shape index (κ3) is 3.51. The topological polar surface area (TPSA) is 105 Å². The van der Waals surface area contributed by atoms with E-state index in [4.69, 9.17) is 9.15 Å². The van der Waals surface area contributed by atoms with Gasteiger partial charge in [0.1, 0.15) is 5.52 Å². The molecule has 1 atom stereocenters. The van der Waals surface area contributed by atoms with Gasteiger partial charge in [0.2, 0.25) is 0 Å². The summed E-state index contributed by atoms with van der Waals surface area (Å²) < 4.78 is 11.1. The number of aromatic nitrogens is 1. The van der Waals surface area contributed by atoms with Crippen LogP contribution in [0.4, 0.5) is 10.8 Å². The van der Waals surface area contributed by atoms with Crippen LogP contribution in [0.25, 0.3) is 11.1 Å². The number of hydrogen-bond acceptors (Lipinski definition) is 7. The molecule has 9 heteroatoms. The smallest absolute Gasteiger partial charge is 0.324 e. The molecule has 2 aromatic rings. The van der Waals surface area contributed by atoms with Gasteiger partial charge in [0.15, 0.2) is 11.7 Å². The van der Waals surface area contributed by atoms with Gasteiger partial charge in [-0.2, -0.15) is 4.98 Å². The van der Waals surface area contributed by atoms with Crippen LogP contribution in [0.1, 0.15) is 19.8 Å². The Morgan fingerprint density at radius 1 is 1.25 bits per heavy atom. The molecule has 9 nitrogen and oxygen atoms in total. The summed E-state index contributed by atoms with van der Waals surface area (Å²) in [7, 11) is 0. The van der Waals surface area contributed by atoms with Crippen molar-refractivity contribution in [2.75, 3.05) is 31.1 Å². The van der Waals surface area contributed by atoms with Crippen molar-refractivity contribution in [2.24, 2.45) is 5.92 Å². The van der Waals surface area contributed by atoms with Gasteiger partial charge in [0.25, 0.3) is 11.9 Å². The van der Waals surface area contributed by atoms with E-state index in [0.717, 1.165) is 16.0 Å². The molecule has 3 amide bonds. The number of carbonyl (C=O) groups excluding carboxylic acids is 3. The van der Waals surface area contributed by atoms with Gasteiger partial charge >= 0.3 is 12.0 Å². The van der Waals surface area contributed by atoms with Crippen LogP contribution < -0.4 is 10.2 Å². The number of anilines is 1. The normalized spacial score (nSPS) is 19.0. The highest BCUT2D eigenvalue weighted by molar-refractivity contribution is 5.98. The molecule has 0 saturated carbocycles. The van der Waals surface area contributed by atoms with Crippen molar-refractivity contribution >= 4 is 35.0 Å². The molecule has 1 N–H and O–H groups in total. The van der Waals surface area contributed by atoms with Gasteiger partial charge in [-0.3, -0.25) is 14.5 Å². The number of nitrogens with one attached hydrogen (secondary N) is 1. The lowest BCUT2D eigenvalue weighted by molar-refractivity contribution is -0.161. The van der Waals surface area contributed by atoms with E-state index in [1.807, 2.05) is 29.2 Å². The lowest BCUT2D eigenvalue weighted by Crippen LogP contribution is -2.43. The van der Waals surface area contributed by atoms with Crippen molar-refractivity contribution in [1.82, 2.24) is 15.2 Å². The average Bonchev–Trinajstić information content (AvgIpc) is 3.33. The Bertz CT molecular complexity index is 870. The minimum absolute atomic E-state index is 0.289. The van der Waals surface area contributed by atoms with E-state index in [1.54, 1.807) is 0 Å². The number of amides is 3. The number of carbonyl (C=O) groups is 3. The quantitative estimate of drug-likeness (QED) is 0.795. The molecule has 2 aliphatic rings. The summed E-state index contributed by atoms with van der Waals surface area (Å²) in [4.78, 5) is 43.8. The largest absolute Gasteiger partial charge is 0.452 e. The van der Waals surface area contributed by atoms with Gasteiger partial charge in [-0.25, -0.2) is 4.79 Å². The summed E-state index contributed by atoms with van der Waals surface area (Å²) in [5.74, 6) is -1.19. The third-order valence-corrected chi connectivity index (χ3v) is 5.14. The molecule has 2 aliphatic heterocycles. The van der Waals surface area contributed by atoms with Crippen molar-refractivity contribution in [3.63, 3.8) is 0 Å². The van der Waals surface area contributed by atoms with Crippen LogP contribution >= 0.6 is 0 Å². The van der Waals surface area contributed by atoms with Gasteiger partial charge in [-0.15, -0.1) is 0 Å². The molecule has 0 unspecified atom stereocenters. The molecular weight excluding hydrogens is 364 g/mol. The van der Waals surface area contributed by atoms with Crippen LogP contribution in [0, 0.1) is 5.92 Å². The maximum atomic E-state index is 12.4. The molecule has 2 saturated heterocycles. The molecule has 28 heavy (non-hydrogen) atoms. The van der Waals surface area contributed by atoms with Gasteiger partial charge < -0.3 is 19.4 Å². The van der Waals surface area contributed by atoms with E-state index >= 15 is 0 Å². The Labute approximate surface area is 161 Å². The maximum Gasteiger partial charge on any atom is 0.324 e. The Kier molecular flexibility index (Phi) is 4.89. The van der Waals surface area contributed by atoms with Crippen LogP contribution in [0.3, 0.4) is 0 Å². The number of benzene rings is 1. The fourth-order valence-electron chi connectivity index (χ4n) is 3.52. The van der Waals surface area contributed by atoms with Crippen LogP contribution in [0.5, 0.6) is 0 Å². The first-order valence-corrected chi connectivity index (χ1v) is 9.43. The zero-order valence-corrected chi connectivity index (χ0v) is 15.6. The van der Waals surface area contributed by atoms with E-state index in [9.17, 15) is 14.4 Å². The van der Waals surface area contributed by atoms with Gasteiger partial charge in [-0.1, -0.05) is 12.1 Å². The van der Waals surface area contributed by atoms with Crippen molar-refractivity contribution in [2.45, 2.75) is 25.9 Å². The highest BCUT2D eigenvalue weighted by atomic mass is 16.5. The zero-order chi connectivity index (χ0) is 19.7. The summed E-state index contributed by atoms with van der Waals surface area (Å²) >= 11 is 0. The van der Waals surface area contributed by atoms with Gasteiger partial charge in [0.05, 0.1) is 5.92 Å². The van der Waals surface area contributed by atoms with E-state index in [2.05, 4.69) is 10.3 Å². The Hall–Kier alpha value is -3.10. The first kappa shape index (κ1) is 18.3. The van der Waals surface area contributed by atoms with Crippen LogP contribution in [0.2, 0.25) is 0 Å². The number of ether oxygens (including phenoxy) is 1. The summed E-state index contributed by atoms with van der Waals surface area (Å²) in [5.41, 5.74) is 1.54. The average molecular weight is 386 g/mol. The Balaban J connectivity index is 1.31. The predicted octanol–water partition coefficient (Wildman–Crippen LogP) is 1.53. The standard InChI is InChI=1S/C19H22N4O5/c1-12(16(24)23-11-8-20-18(23)26)27-17(25)13-6-9-22(10-7-13)19-21-14-4-2-3-5-15(14)28-19/h2-5,12-13H,6-11H2,1H3,(H,20,26)/t12-/m1/s1. The van der Waals surface area contributed by atoms with Crippen LogP contribution in [0.15, 0.2) is 28.7 Å². The maximum absolute atomic E-state index is 12.4. The lowest BCUT2D eigenvalue weighted by atomic mass is 9.97. The summed E-state index contributed by atoms with van der Waals surface area (Å²) in [5, 5.41) is 2.56. The number of esters is 1. The third-order valence-electron chi connectivity index (χ3n) is 5.14. The molecule has 1 aromatic heterocycles. The molecule has 3 heterocycles. The van der Waals surface area contributed by atoms with E-state index in [0.29, 0.717) is 45.0 Å². The van der Waals surface area contributed by atoms with E-state index in [-0.39, 0.29) is 5.92 Å². The number of para-hydroxylation sites is 2. The van der Waals surface area contributed by atoms with Gasteiger partial charge in [0, 0.05) is 26.2 Å². The number of fused-ring (bicyclic) bond motifs is 1. The first-order chi connectivity index (χ1) is 13.5. The molecular formula is C19H22N4O5.